The molecule has 1 fully saturated rings. The Morgan fingerprint density at radius 2 is 1.74 bits per heavy atom. The number of carbonyl (C=O) groups is 2. The first-order valence-electron chi connectivity index (χ1n) is 6.51. The molecule has 0 saturated carbocycles. The van der Waals surface area contributed by atoms with Crippen LogP contribution in [0.3, 0.4) is 0 Å². The molecule has 0 aromatic rings. The monoisotopic (exact) mass is 328 g/mol. The molecule has 12 heteroatoms. The Hall–Kier alpha value is -2.52. The molecule has 126 valence electrons. The highest BCUT2D eigenvalue weighted by molar-refractivity contribution is 5.66. The van der Waals surface area contributed by atoms with Crippen LogP contribution in [0.2, 0.25) is 0 Å². The lowest BCUT2D eigenvalue weighted by Crippen LogP contribution is -2.59. The van der Waals surface area contributed by atoms with Gasteiger partial charge >= 0.3 is 11.9 Å². The van der Waals surface area contributed by atoms with E-state index in [1.807, 2.05) is 0 Å². The Bertz CT molecular complexity index is 543. The van der Waals surface area contributed by atoms with Crippen molar-refractivity contribution in [3.63, 3.8) is 0 Å². The second kappa shape index (κ2) is 8.81. The second-order valence-corrected chi connectivity index (χ2v) is 4.55. The van der Waals surface area contributed by atoms with Gasteiger partial charge in [-0.25, -0.2) is 0 Å². The lowest BCUT2D eigenvalue weighted by molar-refractivity contribution is -0.241. The van der Waals surface area contributed by atoms with Gasteiger partial charge in [0.1, 0.15) is 24.9 Å². The molecule has 23 heavy (non-hydrogen) atoms. The highest BCUT2D eigenvalue weighted by atomic mass is 16.7. The predicted octanol–water partition coefficient (Wildman–Crippen LogP) is 1.21. The van der Waals surface area contributed by atoms with Gasteiger partial charge in [-0.05, 0) is 11.1 Å². The van der Waals surface area contributed by atoms with Crippen molar-refractivity contribution in [2.45, 2.75) is 44.4 Å². The average molecular weight is 328 g/mol. The number of methoxy groups -OCH3 is 1. The second-order valence-electron chi connectivity index (χ2n) is 4.55. The zero-order valence-electron chi connectivity index (χ0n) is 12.7. The average Bonchev–Trinajstić information content (AvgIpc) is 2.49. The summed E-state index contributed by atoms with van der Waals surface area (Å²) in [6.07, 6.45) is -3.12. The van der Waals surface area contributed by atoms with Crippen molar-refractivity contribution < 1.29 is 28.5 Å². The summed E-state index contributed by atoms with van der Waals surface area (Å²) >= 11 is 0. The molecule has 1 heterocycles. The quantitative estimate of drug-likeness (QED) is 0.307. The molecule has 12 nitrogen and oxygen atoms in total. The van der Waals surface area contributed by atoms with Crippen molar-refractivity contribution in [1.29, 1.82) is 0 Å². The summed E-state index contributed by atoms with van der Waals surface area (Å²) in [6, 6.07) is -2.14. The number of carbonyl (C=O) groups excluding carboxylic acids is 2. The maximum absolute atomic E-state index is 11.3. The molecule has 1 aliphatic heterocycles. The summed E-state index contributed by atoms with van der Waals surface area (Å²) in [5, 5.41) is 7.02. The summed E-state index contributed by atoms with van der Waals surface area (Å²) in [5.41, 5.74) is 17.4. The van der Waals surface area contributed by atoms with Crippen molar-refractivity contribution in [3.05, 3.63) is 20.9 Å². The Balaban J connectivity index is 3.18. The van der Waals surface area contributed by atoms with E-state index in [-0.39, 0.29) is 6.61 Å². The third-order valence-electron chi connectivity index (χ3n) is 3.00. The molecule has 0 bridgehead atoms. The molecule has 0 aromatic heterocycles. The summed E-state index contributed by atoms with van der Waals surface area (Å²) in [7, 11) is 1.30. The molecule has 0 aromatic carbocycles. The first-order chi connectivity index (χ1) is 10.9. The van der Waals surface area contributed by atoms with Crippen molar-refractivity contribution in [1.82, 2.24) is 0 Å². The highest BCUT2D eigenvalue weighted by Crippen LogP contribution is 2.29. The van der Waals surface area contributed by atoms with E-state index < -0.39 is 42.5 Å². The first kappa shape index (κ1) is 18.5. The van der Waals surface area contributed by atoms with Crippen LogP contribution in [0.5, 0.6) is 0 Å². The van der Waals surface area contributed by atoms with E-state index in [1.54, 1.807) is 0 Å². The molecule has 5 atom stereocenters. The van der Waals surface area contributed by atoms with Crippen LogP contribution < -0.4 is 0 Å². The number of hydrogen-bond acceptors (Lipinski definition) is 8. The molecule has 0 N–H and O–H groups in total. The largest absolute Gasteiger partial charge is 0.463 e. The van der Waals surface area contributed by atoms with E-state index in [0.29, 0.717) is 0 Å². The van der Waals surface area contributed by atoms with Gasteiger partial charge in [0.2, 0.25) is 0 Å². The van der Waals surface area contributed by atoms with Gasteiger partial charge in [0.25, 0.3) is 0 Å². The zero-order chi connectivity index (χ0) is 17.4. The third kappa shape index (κ3) is 5.01. The number of hydrogen-bond donors (Lipinski definition) is 0. The molecule has 0 unspecified atom stereocenters. The highest BCUT2D eigenvalue weighted by Gasteiger charge is 2.48. The Labute approximate surface area is 130 Å². The standard InChI is InChI=1S/C11H16N6O6/c1-5(18)21-4-7-10(22-6(2)19)8(14-16-12)9(15-17-13)11(20-3)23-7/h7-11H,4H2,1-3H3/t7-,8-,9+,10-,11-/m1/s1. The number of nitrogens with zero attached hydrogens (tertiary/aromatic N) is 6. The lowest BCUT2D eigenvalue weighted by Gasteiger charge is -2.41. The fraction of sp³-hybridized carbons (Fsp3) is 0.818. The molecule has 0 spiro atoms. The van der Waals surface area contributed by atoms with Crippen LogP contribution in [0, 0.1) is 0 Å². The van der Waals surface area contributed by atoms with E-state index in [9.17, 15) is 9.59 Å². The first-order valence-corrected chi connectivity index (χ1v) is 6.51. The maximum atomic E-state index is 11.3. The molecule has 1 rings (SSSR count). The van der Waals surface area contributed by atoms with Crippen molar-refractivity contribution >= 4 is 11.9 Å². The predicted molar refractivity (Wildman–Crippen MR) is 73.7 cm³/mol. The topological polar surface area (TPSA) is 169 Å². The van der Waals surface area contributed by atoms with Crippen LogP contribution >= 0.6 is 0 Å². The normalized spacial score (nSPS) is 29.6. The molecular formula is C11H16N6O6. The van der Waals surface area contributed by atoms with Gasteiger partial charge in [-0.2, -0.15) is 0 Å². The number of rotatable bonds is 6. The van der Waals surface area contributed by atoms with Gasteiger partial charge in [-0.3, -0.25) is 9.59 Å². The molecule has 0 radical (unpaired) electrons. The van der Waals surface area contributed by atoms with Crippen molar-refractivity contribution in [3.8, 4) is 0 Å². The van der Waals surface area contributed by atoms with E-state index in [1.165, 1.54) is 14.0 Å². The summed E-state index contributed by atoms with van der Waals surface area (Å²) in [6.45, 7) is 2.10. The molecule has 1 aliphatic rings. The fourth-order valence-corrected chi connectivity index (χ4v) is 2.15. The van der Waals surface area contributed by atoms with Crippen LogP contribution in [-0.2, 0) is 28.5 Å². The van der Waals surface area contributed by atoms with E-state index in [4.69, 9.17) is 30.0 Å². The van der Waals surface area contributed by atoms with Crippen LogP contribution in [-0.4, -0.2) is 56.2 Å². The zero-order valence-corrected chi connectivity index (χ0v) is 12.7. The van der Waals surface area contributed by atoms with Gasteiger partial charge in [-0.1, -0.05) is 10.2 Å². The van der Waals surface area contributed by atoms with Gasteiger partial charge in [0.15, 0.2) is 6.29 Å². The Kier molecular flexibility index (Phi) is 7.10. The SMILES string of the molecule is CO[C@@H]1O[C@H](COC(C)=O)[C@@H](OC(C)=O)[C@H](N=[N+]=[N-])[C@@H]1N=[N+]=[N-]. The van der Waals surface area contributed by atoms with Gasteiger partial charge < -0.3 is 18.9 Å². The summed E-state index contributed by atoms with van der Waals surface area (Å²) < 4.78 is 20.6. The lowest BCUT2D eigenvalue weighted by atomic mass is 9.95. The fourth-order valence-electron chi connectivity index (χ4n) is 2.15. The van der Waals surface area contributed by atoms with E-state index in [2.05, 4.69) is 20.1 Å². The van der Waals surface area contributed by atoms with E-state index >= 15 is 0 Å². The van der Waals surface area contributed by atoms with Crippen molar-refractivity contribution in [2.24, 2.45) is 10.2 Å². The number of esters is 2. The maximum Gasteiger partial charge on any atom is 0.303 e. The minimum absolute atomic E-state index is 0.256. The number of ether oxygens (including phenoxy) is 4. The van der Waals surface area contributed by atoms with Gasteiger partial charge in [0, 0.05) is 30.8 Å². The van der Waals surface area contributed by atoms with Gasteiger partial charge in [-0.15, -0.1) is 0 Å². The summed E-state index contributed by atoms with van der Waals surface area (Å²) in [4.78, 5) is 27.6. The minimum Gasteiger partial charge on any atom is -0.463 e. The van der Waals surface area contributed by atoms with Crippen LogP contribution in [0.25, 0.3) is 20.9 Å². The van der Waals surface area contributed by atoms with Crippen LogP contribution in [0.15, 0.2) is 10.2 Å². The smallest absolute Gasteiger partial charge is 0.303 e. The van der Waals surface area contributed by atoms with Crippen LogP contribution in [0.1, 0.15) is 13.8 Å². The van der Waals surface area contributed by atoms with Crippen LogP contribution in [0.4, 0.5) is 0 Å². The minimum atomic E-state index is -1.11. The molecule has 0 aliphatic carbocycles. The van der Waals surface area contributed by atoms with Crippen molar-refractivity contribution in [2.75, 3.05) is 13.7 Å². The molecular weight excluding hydrogens is 312 g/mol. The summed E-state index contributed by atoms with van der Waals surface area (Å²) in [5.74, 6) is -1.23. The molecule has 0 amide bonds. The number of azide groups is 2. The Morgan fingerprint density at radius 1 is 1.13 bits per heavy atom. The van der Waals surface area contributed by atoms with E-state index in [0.717, 1.165) is 6.92 Å². The Morgan fingerprint density at radius 3 is 2.22 bits per heavy atom. The third-order valence-corrected chi connectivity index (χ3v) is 3.00. The van der Waals surface area contributed by atoms with Gasteiger partial charge in [0.05, 0.1) is 6.04 Å². The molecule has 1 saturated heterocycles.